The normalized spacial score (nSPS) is 16.5. The maximum Gasteiger partial charge on any atom is 0.229 e. The zero-order valence-corrected chi connectivity index (χ0v) is 14.3. The van der Waals surface area contributed by atoms with Crippen LogP contribution < -0.4 is 5.32 Å². The standard InChI is InChI=1S/C18H20N6O/c1-12-9-24-10-14(6-7-17(24)19-12)18(25)20-15-5-3-4-13(8-15)16-11-23(2)22-21-16/h3-5,8-9,11,14H,6-7,10H2,1-2H3,(H,20,25). The quantitative estimate of drug-likeness (QED) is 0.795. The van der Waals surface area contributed by atoms with Gasteiger partial charge in [-0.15, -0.1) is 5.10 Å². The number of carbonyl (C=O) groups is 1. The topological polar surface area (TPSA) is 77.6 Å². The zero-order valence-electron chi connectivity index (χ0n) is 14.3. The predicted octanol–water partition coefficient (Wildman–Crippen LogP) is 2.19. The van der Waals surface area contributed by atoms with Crippen LogP contribution >= 0.6 is 0 Å². The number of anilines is 1. The summed E-state index contributed by atoms with van der Waals surface area (Å²) >= 11 is 0. The maximum atomic E-state index is 12.7. The van der Waals surface area contributed by atoms with E-state index >= 15 is 0 Å². The number of imidazole rings is 1. The summed E-state index contributed by atoms with van der Waals surface area (Å²) in [5, 5.41) is 11.1. The molecule has 1 aliphatic heterocycles. The van der Waals surface area contributed by atoms with E-state index < -0.39 is 0 Å². The Hall–Kier alpha value is -2.96. The van der Waals surface area contributed by atoms with E-state index in [0.29, 0.717) is 6.54 Å². The molecule has 0 saturated carbocycles. The summed E-state index contributed by atoms with van der Waals surface area (Å²) in [5.74, 6) is 1.08. The van der Waals surface area contributed by atoms with E-state index in [9.17, 15) is 4.79 Å². The number of fused-ring (bicyclic) bond motifs is 1. The number of aryl methyl sites for hydroxylation is 3. The number of hydrogen-bond acceptors (Lipinski definition) is 4. The first kappa shape index (κ1) is 15.6. The first-order valence-corrected chi connectivity index (χ1v) is 8.39. The molecule has 4 rings (SSSR count). The van der Waals surface area contributed by atoms with Gasteiger partial charge >= 0.3 is 0 Å². The lowest BCUT2D eigenvalue weighted by atomic mass is 9.98. The molecular formula is C18H20N6O. The third-order valence-electron chi connectivity index (χ3n) is 4.51. The number of carbonyl (C=O) groups excluding carboxylic acids is 1. The first-order chi connectivity index (χ1) is 12.1. The summed E-state index contributed by atoms with van der Waals surface area (Å²) in [6.45, 7) is 2.67. The minimum absolute atomic E-state index is 0.0405. The number of nitrogens with one attached hydrogen (secondary N) is 1. The van der Waals surface area contributed by atoms with Gasteiger partial charge in [-0.2, -0.15) is 0 Å². The van der Waals surface area contributed by atoms with Crippen LogP contribution in [0.2, 0.25) is 0 Å². The fraction of sp³-hybridized carbons (Fsp3) is 0.333. The lowest BCUT2D eigenvalue weighted by Gasteiger charge is -2.23. The molecule has 1 aliphatic rings. The third-order valence-corrected chi connectivity index (χ3v) is 4.51. The molecule has 2 aromatic heterocycles. The number of rotatable bonds is 3. The van der Waals surface area contributed by atoms with Gasteiger partial charge in [0.05, 0.1) is 17.8 Å². The number of benzene rings is 1. The minimum atomic E-state index is -0.0405. The Morgan fingerprint density at radius 3 is 3.00 bits per heavy atom. The van der Waals surface area contributed by atoms with Crippen molar-refractivity contribution in [2.45, 2.75) is 26.3 Å². The predicted molar refractivity (Wildman–Crippen MR) is 93.8 cm³/mol. The Bertz CT molecular complexity index is 925. The van der Waals surface area contributed by atoms with Crippen LogP contribution in [0.3, 0.4) is 0 Å². The van der Waals surface area contributed by atoms with Crippen molar-refractivity contribution in [1.82, 2.24) is 24.5 Å². The van der Waals surface area contributed by atoms with E-state index in [1.54, 1.807) is 4.68 Å². The Labute approximate surface area is 145 Å². The van der Waals surface area contributed by atoms with Crippen molar-refractivity contribution in [2.24, 2.45) is 13.0 Å². The van der Waals surface area contributed by atoms with Crippen molar-refractivity contribution in [3.05, 3.63) is 48.2 Å². The molecule has 25 heavy (non-hydrogen) atoms. The van der Waals surface area contributed by atoms with Crippen LogP contribution in [-0.2, 0) is 24.8 Å². The summed E-state index contributed by atoms with van der Waals surface area (Å²) in [6.07, 6.45) is 5.53. The molecular weight excluding hydrogens is 316 g/mol. The molecule has 3 heterocycles. The fourth-order valence-electron chi connectivity index (χ4n) is 3.28. The van der Waals surface area contributed by atoms with Crippen molar-refractivity contribution in [2.75, 3.05) is 5.32 Å². The molecule has 1 unspecified atom stereocenters. The second kappa shape index (κ2) is 6.16. The van der Waals surface area contributed by atoms with Crippen molar-refractivity contribution in [3.8, 4) is 11.3 Å². The Morgan fingerprint density at radius 2 is 2.20 bits per heavy atom. The van der Waals surface area contributed by atoms with Gasteiger partial charge < -0.3 is 9.88 Å². The highest BCUT2D eigenvalue weighted by molar-refractivity contribution is 5.93. The van der Waals surface area contributed by atoms with Crippen molar-refractivity contribution in [3.63, 3.8) is 0 Å². The van der Waals surface area contributed by atoms with Crippen LogP contribution in [-0.4, -0.2) is 30.5 Å². The van der Waals surface area contributed by atoms with Crippen LogP contribution in [0, 0.1) is 12.8 Å². The van der Waals surface area contributed by atoms with Gasteiger partial charge in [-0.1, -0.05) is 17.3 Å². The molecule has 1 N–H and O–H groups in total. The SMILES string of the molecule is Cc1cn2c(n1)CCC(C(=O)Nc1cccc(-c3cn(C)nn3)c1)C2. The Morgan fingerprint density at radius 1 is 1.32 bits per heavy atom. The van der Waals surface area contributed by atoms with E-state index in [1.807, 2.05) is 50.6 Å². The maximum absolute atomic E-state index is 12.7. The molecule has 128 valence electrons. The van der Waals surface area contributed by atoms with Gasteiger partial charge in [-0.25, -0.2) is 4.98 Å². The number of hydrogen-bond donors (Lipinski definition) is 1. The average Bonchev–Trinajstić information content (AvgIpc) is 3.19. The van der Waals surface area contributed by atoms with Crippen molar-refractivity contribution in [1.29, 1.82) is 0 Å². The summed E-state index contributed by atoms with van der Waals surface area (Å²) in [7, 11) is 1.83. The van der Waals surface area contributed by atoms with E-state index in [0.717, 1.165) is 41.3 Å². The summed E-state index contributed by atoms with van der Waals surface area (Å²) in [5.41, 5.74) is 3.50. The molecule has 1 amide bonds. The first-order valence-electron chi connectivity index (χ1n) is 8.39. The smallest absolute Gasteiger partial charge is 0.229 e. The monoisotopic (exact) mass is 336 g/mol. The van der Waals surface area contributed by atoms with Crippen molar-refractivity contribution >= 4 is 11.6 Å². The van der Waals surface area contributed by atoms with Crippen LogP contribution in [0.5, 0.6) is 0 Å². The van der Waals surface area contributed by atoms with Crippen LogP contribution in [0.4, 0.5) is 5.69 Å². The summed E-state index contributed by atoms with van der Waals surface area (Å²) < 4.78 is 3.76. The molecule has 0 fully saturated rings. The molecule has 0 spiro atoms. The zero-order chi connectivity index (χ0) is 17.4. The van der Waals surface area contributed by atoms with E-state index in [-0.39, 0.29) is 11.8 Å². The number of aromatic nitrogens is 5. The molecule has 0 radical (unpaired) electrons. The second-order valence-corrected chi connectivity index (χ2v) is 6.53. The van der Waals surface area contributed by atoms with E-state index in [2.05, 4.69) is 25.2 Å². The minimum Gasteiger partial charge on any atom is -0.334 e. The van der Waals surface area contributed by atoms with Crippen LogP contribution in [0.1, 0.15) is 17.9 Å². The summed E-state index contributed by atoms with van der Waals surface area (Å²) in [6, 6.07) is 7.70. The number of nitrogens with zero attached hydrogens (tertiary/aromatic N) is 5. The molecule has 3 aromatic rings. The molecule has 0 bridgehead atoms. The van der Waals surface area contributed by atoms with E-state index in [4.69, 9.17) is 0 Å². The average molecular weight is 336 g/mol. The van der Waals surface area contributed by atoms with Gasteiger partial charge in [0.2, 0.25) is 5.91 Å². The van der Waals surface area contributed by atoms with Crippen molar-refractivity contribution < 1.29 is 4.79 Å². The van der Waals surface area contributed by atoms with Gasteiger partial charge in [-0.05, 0) is 25.5 Å². The van der Waals surface area contributed by atoms with Gasteiger partial charge in [0.1, 0.15) is 11.5 Å². The molecule has 1 atom stereocenters. The highest BCUT2D eigenvalue weighted by Gasteiger charge is 2.25. The highest BCUT2D eigenvalue weighted by Crippen LogP contribution is 2.24. The molecule has 7 nitrogen and oxygen atoms in total. The van der Waals surface area contributed by atoms with Gasteiger partial charge in [0.25, 0.3) is 0 Å². The van der Waals surface area contributed by atoms with Crippen LogP contribution in [0.15, 0.2) is 36.7 Å². The number of amides is 1. The van der Waals surface area contributed by atoms with Crippen LogP contribution in [0.25, 0.3) is 11.3 Å². The Balaban J connectivity index is 1.48. The van der Waals surface area contributed by atoms with Gasteiger partial charge in [0, 0.05) is 37.5 Å². The van der Waals surface area contributed by atoms with E-state index in [1.165, 1.54) is 0 Å². The lowest BCUT2D eigenvalue weighted by molar-refractivity contribution is -0.120. The molecule has 1 aromatic carbocycles. The largest absolute Gasteiger partial charge is 0.334 e. The third kappa shape index (κ3) is 3.17. The lowest BCUT2D eigenvalue weighted by Crippen LogP contribution is -2.31. The molecule has 0 saturated heterocycles. The summed E-state index contributed by atoms with van der Waals surface area (Å²) in [4.78, 5) is 17.2. The molecule has 0 aliphatic carbocycles. The van der Waals surface area contributed by atoms with Gasteiger partial charge in [0.15, 0.2) is 0 Å². The second-order valence-electron chi connectivity index (χ2n) is 6.53. The highest BCUT2D eigenvalue weighted by atomic mass is 16.1. The molecule has 7 heteroatoms. The van der Waals surface area contributed by atoms with Gasteiger partial charge in [-0.3, -0.25) is 9.48 Å². The Kier molecular flexibility index (Phi) is 3.83. The fourth-order valence-corrected chi connectivity index (χ4v) is 3.28.